The molecule has 0 saturated carbocycles. The Bertz CT molecular complexity index is 396. The van der Waals surface area contributed by atoms with Crippen molar-refractivity contribution in [2.24, 2.45) is 5.92 Å². The average Bonchev–Trinajstić information content (AvgIpc) is 2.30. The zero-order valence-corrected chi connectivity index (χ0v) is 11.7. The summed E-state index contributed by atoms with van der Waals surface area (Å²) in [6.07, 6.45) is 0.944. The fourth-order valence-electron chi connectivity index (χ4n) is 1.23. The number of nitro benzene ring substituents is 1. The first-order chi connectivity index (χ1) is 8.08. The number of ether oxygens (including phenoxy) is 1. The van der Waals surface area contributed by atoms with Crippen LogP contribution in [0.15, 0.2) is 18.2 Å². The second-order valence-corrected chi connectivity index (χ2v) is 4.69. The standard InChI is InChI=1S/C11H13BrClNO3/c1-2-8(6-12)7-17-11-5-9(13)3-4-10(11)14(15)16/h3-5,8H,2,6-7H2,1H3. The lowest BCUT2D eigenvalue weighted by atomic mass is 10.1. The van der Waals surface area contributed by atoms with Gasteiger partial charge in [0.1, 0.15) is 0 Å². The molecule has 1 unspecified atom stereocenters. The van der Waals surface area contributed by atoms with Crippen molar-refractivity contribution in [3.8, 4) is 5.75 Å². The summed E-state index contributed by atoms with van der Waals surface area (Å²) in [4.78, 5) is 10.3. The van der Waals surface area contributed by atoms with Gasteiger partial charge in [0.15, 0.2) is 5.75 Å². The Labute approximate surface area is 113 Å². The van der Waals surface area contributed by atoms with Crippen LogP contribution in [0.1, 0.15) is 13.3 Å². The van der Waals surface area contributed by atoms with Gasteiger partial charge in [-0.15, -0.1) is 0 Å². The number of nitrogens with zero attached hydrogens (tertiary/aromatic N) is 1. The first-order valence-electron chi connectivity index (χ1n) is 5.21. The lowest BCUT2D eigenvalue weighted by Crippen LogP contribution is -2.13. The lowest BCUT2D eigenvalue weighted by Gasteiger charge is -2.13. The molecule has 0 N–H and O–H groups in total. The predicted molar refractivity (Wildman–Crippen MR) is 71.2 cm³/mol. The summed E-state index contributed by atoms with van der Waals surface area (Å²) in [6, 6.07) is 4.31. The molecule has 1 rings (SSSR count). The number of hydrogen-bond donors (Lipinski definition) is 0. The molecule has 0 heterocycles. The molecule has 1 aromatic carbocycles. The molecule has 17 heavy (non-hydrogen) atoms. The maximum atomic E-state index is 10.8. The van der Waals surface area contributed by atoms with Crippen molar-refractivity contribution >= 4 is 33.2 Å². The van der Waals surface area contributed by atoms with Crippen LogP contribution in [-0.2, 0) is 0 Å². The van der Waals surface area contributed by atoms with E-state index in [0.717, 1.165) is 11.8 Å². The van der Waals surface area contributed by atoms with E-state index in [9.17, 15) is 10.1 Å². The van der Waals surface area contributed by atoms with Gasteiger partial charge in [-0.3, -0.25) is 10.1 Å². The maximum Gasteiger partial charge on any atom is 0.311 e. The van der Waals surface area contributed by atoms with Crippen molar-refractivity contribution in [3.63, 3.8) is 0 Å². The Kier molecular flexibility index (Phi) is 5.71. The summed E-state index contributed by atoms with van der Waals surface area (Å²) < 4.78 is 5.47. The molecule has 0 aromatic heterocycles. The number of alkyl halides is 1. The van der Waals surface area contributed by atoms with Crippen LogP contribution in [-0.4, -0.2) is 16.9 Å². The first-order valence-corrected chi connectivity index (χ1v) is 6.71. The third-order valence-corrected chi connectivity index (χ3v) is 3.54. The summed E-state index contributed by atoms with van der Waals surface area (Å²) in [5.74, 6) is 0.551. The van der Waals surface area contributed by atoms with Crippen LogP contribution in [0.3, 0.4) is 0 Å². The van der Waals surface area contributed by atoms with Gasteiger partial charge in [0.2, 0.25) is 0 Å². The van der Waals surface area contributed by atoms with Crippen molar-refractivity contribution in [2.75, 3.05) is 11.9 Å². The minimum Gasteiger partial charge on any atom is -0.486 e. The molecule has 1 atom stereocenters. The summed E-state index contributed by atoms with van der Waals surface area (Å²) >= 11 is 9.16. The third kappa shape index (κ3) is 4.16. The highest BCUT2D eigenvalue weighted by atomic mass is 79.9. The van der Waals surface area contributed by atoms with Crippen molar-refractivity contribution in [3.05, 3.63) is 33.3 Å². The Morgan fingerprint density at radius 2 is 2.29 bits per heavy atom. The Morgan fingerprint density at radius 1 is 1.59 bits per heavy atom. The summed E-state index contributed by atoms with van der Waals surface area (Å²) in [6.45, 7) is 2.48. The third-order valence-electron chi connectivity index (χ3n) is 2.39. The van der Waals surface area contributed by atoms with E-state index in [1.165, 1.54) is 18.2 Å². The lowest BCUT2D eigenvalue weighted by molar-refractivity contribution is -0.385. The minimum absolute atomic E-state index is 0.0566. The minimum atomic E-state index is -0.471. The number of halogens is 2. The molecule has 6 heteroatoms. The molecule has 0 aliphatic rings. The molecule has 0 saturated heterocycles. The van der Waals surface area contributed by atoms with Gasteiger partial charge in [-0.05, 0) is 12.5 Å². The molecule has 0 fully saturated rings. The monoisotopic (exact) mass is 321 g/mol. The van der Waals surface area contributed by atoms with Gasteiger partial charge in [0.05, 0.1) is 11.5 Å². The van der Waals surface area contributed by atoms with Crippen molar-refractivity contribution in [2.45, 2.75) is 13.3 Å². The van der Waals surface area contributed by atoms with E-state index in [-0.39, 0.29) is 11.4 Å². The van der Waals surface area contributed by atoms with Gasteiger partial charge < -0.3 is 4.74 Å². The van der Waals surface area contributed by atoms with E-state index in [1.807, 2.05) is 6.92 Å². The smallest absolute Gasteiger partial charge is 0.311 e. The normalized spacial score (nSPS) is 12.2. The molecule has 4 nitrogen and oxygen atoms in total. The van der Waals surface area contributed by atoms with Gasteiger partial charge in [-0.25, -0.2) is 0 Å². The van der Waals surface area contributed by atoms with Crippen molar-refractivity contribution in [1.29, 1.82) is 0 Å². The van der Waals surface area contributed by atoms with Crippen LogP contribution < -0.4 is 4.74 Å². The van der Waals surface area contributed by atoms with E-state index >= 15 is 0 Å². The van der Waals surface area contributed by atoms with E-state index in [1.54, 1.807) is 0 Å². The SMILES string of the molecule is CCC(CBr)COc1cc(Cl)ccc1[N+](=O)[O-]. The maximum absolute atomic E-state index is 10.8. The molecule has 0 aliphatic heterocycles. The highest BCUT2D eigenvalue weighted by molar-refractivity contribution is 9.09. The number of rotatable bonds is 6. The first kappa shape index (κ1) is 14.3. The molecule has 0 spiro atoms. The van der Waals surface area contributed by atoms with E-state index < -0.39 is 4.92 Å². The zero-order chi connectivity index (χ0) is 12.8. The average molecular weight is 323 g/mol. The molecular formula is C11H13BrClNO3. The molecule has 0 amide bonds. The molecule has 1 aromatic rings. The van der Waals surface area contributed by atoms with Crippen LogP contribution in [0.25, 0.3) is 0 Å². The second-order valence-electron chi connectivity index (χ2n) is 3.61. The van der Waals surface area contributed by atoms with E-state index in [2.05, 4.69) is 15.9 Å². The highest BCUT2D eigenvalue weighted by Crippen LogP contribution is 2.30. The molecule has 0 aliphatic carbocycles. The highest BCUT2D eigenvalue weighted by Gasteiger charge is 2.16. The molecular weight excluding hydrogens is 309 g/mol. The Balaban J connectivity index is 2.81. The fourth-order valence-corrected chi connectivity index (χ4v) is 2.04. The van der Waals surface area contributed by atoms with Crippen LogP contribution in [0.5, 0.6) is 5.75 Å². The molecule has 94 valence electrons. The fraction of sp³-hybridized carbons (Fsp3) is 0.455. The molecule has 0 radical (unpaired) electrons. The number of nitro groups is 1. The topological polar surface area (TPSA) is 52.4 Å². The van der Waals surface area contributed by atoms with Crippen molar-refractivity contribution < 1.29 is 9.66 Å². The van der Waals surface area contributed by atoms with Crippen molar-refractivity contribution in [1.82, 2.24) is 0 Å². The summed E-state index contributed by atoms with van der Waals surface area (Å²) in [5.41, 5.74) is -0.0566. The van der Waals surface area contributed by atoms with E-state index in [0.29, 0.717) is 17.5 Å². The van der Waals surface area contributed by atoms with E-state index in [4.69, 9.17) is 16.3 Å². The number of hydrogen-bond acceptors (Lipinski definition) is 3. The van der Waals surface area contributed by atoms with Crippen LogP contribution in [0, 0.1) is 16.0 Å². The van der Waals surface area contributed by atoms with Gasteiger partial charge >= 0.3 is 5.69 Å². The quantitative estimate of drug-likeness (QED) is 0.451. The predicted octanol–water partition coefficient (Wildman–Crippen LogP) is 4.05. The Morgan fingerprint density at radius 3 is 2.82 bits per heavy atom. The number of benzene rings is 1. The largest absolute Gasteiger partial charge is 0.486 e. The van der Waals surface area contributed by atoms with Gasteiger partial charge in [-0.2, -0.15) is 0 Å². The van der Waals surface area contributed by atoms with Gasteiger partial charge in [-0.1, -0.05) is 34.5 Å². The second kappa shape index (κ2) is 6.81. The summed E-state index contributed by atoms with van der Waals surface area (Å²) in [5, 5.41) is 12.0. The van der Waals surface area contributed by atoms with Crippen LogP contribution >= 0.6 is 27.5 Å². The molecule has 0 bridgehead atoms. The Hall–Kier alpha value is -0.810. The van der Waals surface area contributed by atoms with Gasteiger partial charge in [0, 0.05) is 28.4 Å². The van der Waals surface area contributed by atoms with Crippen LogP contribution in [0.2, 0.25) is 5.02 Å². The summed E-state index contributed by atoms with van der Waals surface area (Å²) in [7, 11) is 0. The van der Waals surface area contributed by atoms with Crippen LogP contribution in [0.4, 0.5) is 5.69 Å². The zero-order valence-electron chi connectivity index (χ0n) is 9.36. The van der Waals surface area contributed by atoms with Gasteiger partial charge in [0.25, 0.3) is 0 Å².